The predicted molar refractivity (Wildman–Crippen MR) is 89.7 cm³/mol. The fraction of sp³-hybridized carbons (Fsp3) is 0.278. The van der Waals surface area contributed by atoms with Crippen LogP contribution in [0.3, 0.4) is 0 Å². The van der Waals surface area contributed by atoms with Crippen molar-refractivity contribution >= 4 is 11.7 Å². The van der Waals surface area contributed by atoms with E-state index in [1.807, 2.05) is 6.07 Å². The van der Waals surface area contributed by atoms with Crippen molar-refractivity contribution in [2.45, 2.75) is 13.5 Å². The number of pyridine rings is 1. The van der Waals surface area contributed by atoms with E-state index < -0.39 is 11.6 Å². The van der Waals surface area contributed by atoms with Crippen LogP contribution in [0, 0.1) is 23.0 Å². The fourth-order valence-electron chi connectivity index (χ4n) is 2.31. The van der Waals surface area contributed by atoms with Gasteiger partial charge in [0.15, 0.2) is 0 Å². The SMILES string of the molecule is CCN(Cc1c(F)cccc1F)C(=O)CN(C)c1ccc(C#N)cn1. The molecule has 25 heavy (non-hydrogen) atoms. The summed E-state index contributed by atoms with van der Waals surface area (Å²) in [5.74, 6) is -1.10. The predicted octanol–water partition coefficient (Wildman–Crippen LogP) is 2.72. The number of rotatable bonds is 6. The molecule has 1 heterocycles. The largest absolute Gasteiger partial charge is 0.350 e. The van der Waals surface area contributed by atoms with Crippen LogP contribution >= 0.6 is 0 Å². The van der Waals surface area contributed by atoms with Crippen LogP contribution in [0.1, 0.15) is 18.1 Å². The second-order valence-corrected chi connectivity index (χ2v) is 5.48. The Bertz CT molecular complexity index is 766. The van der Waals surface area contributed by atoms with Gasteiger partial charge in [-0.3, -0.25) is 4.79 Å². The van der Waals surface area contributed by atoms with Gasteiger partial charge in [-0.1, -0.05) is 6.07 Å². The van der Waals surface area contributed by atoms with Crippen LogP contribution in [0.2, 0.25) is 0 Å². The van der Waals surface area contributed by atoms with Gasteiger partial charge in [0, 0.05) is 25.4 Å². The van der Waals surface area contributed by atoms with Crippen LogP contribution in [0.4, 0.5) is 14.6 Å². The summed E-state index contributed by atoms with van der Waals surface area (Å²) in [5, 5.41) is 8.78. The average molecular weight is 344 g/mol. The van der Waals surface area contributed by atoms with E-state index >= 15 is 0 Å². The number of hydrogen-bond donors (Lipinski definition) is 0. The number of anilines is 1. The normalized spacial score (nSPS) is 10.2. The first kappa shape index (κ1) is 18.3. The molecule has 0 saturated heterocycles. The van der Waals surface area contributed by atoms with Gasteiger partial charge in [0.05, 0.1) is 18.7 Å². The highest BCUT2D eigenvalue weighted by Crippen LogP contribution is 2.15. The lowest BCUT2D eigenvalue weighted by Crippen LogP contribution is -2.39. The van der Waals surface area contributed by atoms with Crippen molar-refractivity contribution < 1.29 is 13.6 Å². The third kappa shape index (κ3) is 4.51. The van der Waals surface area contributed by atoms with Crippen molar-refractivity contribution in [3.63, 3.8) is 0 Å². The van der Waals surface area contributed by atoms with Crippen LogP contribution in [-0.2, 0) is 11.3 Å². The minimum absolute atomic E-state index is 0.00279. The quantitative estimate of drug-likeness (QED) is 0.808. The van der Waals surface area contributed by atoms with E-state index in [1.165, 1.54) is 29.3 Å². The van der Waals surface area contributed by atoms with Gasteiger partial charge in [-0.2, -0.15) is 5.26 Å². The first-order chi connectivity index (χ1) is 12.0. The second-order valence-electron chi connectivity index (χ2n) is 5.48. The Morgan fingerprint density at radius 3 is 2.44 bits per heavy atom. The minimum atomic E-state index is -0.673. The van der Waals surface area contributed by atoms with Gasteiger partial charge in [-0.25, -0.2) is 13.8 Å². The standard InChI is InChI=1S/C18H18F2N4O/c1-3-24(11-14-15(19)5-4-6-16(14)20)18(25)12-23(2)17-8-7-13(9-21)10-22-17/h4-8,10H,3,11-12H2,1-2H3. The zero-order valence-electron chi connectivity index (χ0n) is 14.0. The molecule has 1 amide bonds. The molecule has 5 nitrogen and oxygen atoms in total. The van der Waals surface area contributed by atoms with Crippen LogP contribution < -0.4 is 4.90 Å². The molecule has 0 aliphatic carbocycles. The first-order valence-electron chi connectivity index (χ1n) is 7.74. The van der Waals surface area contributed by atoms with Crippen molar-refractivity contribution in [2.24, 2.45) is 0 Å². The van der Waals surface area contributed by atoms with E-state index in [1.54, 1.807) is 31.0 Å². The second kappa shape index (κ2) is 8.20. The van der Waals surface area contributed by atoms with Gasteiger partial charge in [-0.15, -0.1) is 0 Å². The molecule has 0 N–H and O–H groups in total. The Morgan fingerprint density at radius 1 is 1.24 bits per heavy atom. The maximum Gasteiger partial charge on any atom is 0.242 e. The third-order valence-corrected chi connectivity index (χ3v) is 3.79. The zero-order valence-corrected chi connectivity index (χ0v) is 14.0. The van der Waals surface area contributed by atoms with Crippen molar-refractivity contribution in [1.82, 2.24) is 9.88 Å². The van der Waals surface area contributed by atoms with Crippen molar-refractivity contribution in [1.29, 1.82) is 5.26 Å². The molecule has 0 bridgehead atoms. The van der Waals surface area contributed by atoms with Gasteiger partial charge >= 0.3 is 0 Å². The molecule has 0 spiro atoms. The van der Waals surface area contributed by atoms with Gasteiger partial charge in [0.25, 0.3) is 0 Å². The highest BCUT2D eigenvalue weighted by Gasteiger charge is 2.19. The number of carbonyl (C=O) groups is 1. The summed E-state index contributed by atoms with van der Waals surface area (Å²) in [5.41, 5.74) is 0.297. The molecule has 0 aliphatic rings. The van der Waals surface area contributed by atoms with E-state index in [0.29, 0.717) is 17.9 Å². The molecule has 0 fully saturated rings. The Kier molecular flexibility index (Phi) is 6.01. The zero-order chi connectivity index (χ0) is 18.4. The molecule has 1 aromatic carbocycles. The van der Waals surface area contributed by atoms with Gasteiger partial charge in [-0.05, 0) is 31.2 Å². The van der Waals surface area contributed by atoms with Crippen LogP contribution in [0.15, 0.2) is 36.5 Å². The topological polar surface area (TPSA) is 60.2 Å². The molecule has 2 rings (SSSR count). The molecule has 1 aromatic heterocycles. The molecule has 0 unspecified atom stereocenters. The van der Waals surface area contributed by atoms with E-state index in [4.69, 9.17) is 5.26 Å². The molecule has 2 aromatic rings. The van der Waals surface area contributed by atoms with Gasteiger partial charge in [0.1, 0.15) is 23.5 Å². The number of nitrogens with zero attached hydrogens (tertiary/aromatic N) is 4. The molecule has 0 atom stereocenters. The maximum absolute atomic E-state index is 13.8. The molecule has 130 valence electrons. The Hall–Kier alpha value is -3.01. The Balaban J connectivity index is 2.07. The number of benzene rings is 1. The number of nitriles is 1. The van der Waals surface area contributed by atoms with Crippen molar-refractivity contribution in [3.05, 3.63) is 59.3 Å². The minimum Gasteiger partial charge on any atom is -0.350 e. The van der Waals surface area contributed by atoms with Crippen LogP contribution in [0.5, 0.6) is 0 Å². The molecule has 7 heteroatoms. The lowest BCUT2D eigenvalue weighted by molar-refractivity contribution is -0.130. The van der Waals surface area contributed by atoms with E-state index in [9.17, 15) is 13.6 Å². The summed E-state index contributed by atoms with van der Waals surface area (Å²) in [7, 11) is 1.68. The number of halogens is 2. The molecular formula is C18H18F2N4O. The summed E-state index contributed by atoms with van der Waals surface area (Å²) in [4.78, 5) is 19.6. The van der Waals surface area contributed by atoms with Crippen molar-refractivity contribution in [3.8, 4) is 6.07 Å². The average Bonchev–Trinajstić information content (AvgIpc) is 2.61. The monoisotopic (exact) mass is 344 g/mol. The molecule has 0 saturated carbocycles. The summed E-state index contributed by atoms with van der Waals surface area (Å²) in [6, 6.07) is 8.84. The lowest BCUT2D eigenvalue weighted by Gasteiger charge is -2.25. The number of carbonyl (C=O) groups excluding carboxylic acids is 1. The maximum atomic E-state index is 13.8. The number of likely N-dealkylation sites (N-methyl/N-ethyl adjacent to an activating group) is 2. The van der Waals surface area contributed by atoms with E-state index in [2.05, 4.69) is 4.98 Å². The fourth-order valence-corrected chi connectivity index (χ4v) is 2.31. The first-order valence-corrected chi connectivity index (χ1v) is 7.74. The highest BCUT2D eigenvalue weighted by molar-refractivity contribution is 5.81. The number of aromatic nitrogens is 1. The Morgan fingerprint density at radius 2 is 1.92 bits per heavy atom. The summed E-state index contributed by atoms with van der Waals surface area (Å²) in [6.07, 6.45) is 1.42. The third-order valence-electron chi connectivity index (χ3n) is 3.79. The highest BCUT2D eigenvalue weighted by atomic mass is 19.1. The van der Waals surface area contributed by atoms with Crippen LogP contribution in [0.25, 0.3) is 0 Å². The van der Waals surface area contributed by atoms with Gasteiger partial charge in [0.2, 0.25) is 5.91 Å². The summed E-state index contributed by atoms with van der Waals surface area (Å²) in [6.45, 7) is 1.93. The molecule has 0 radical (unpaired) electrons. The summed E-state index contributed by atoms with van der Waals surface area (Å²) < 4.78 is 27.6. The van der Waals surface area contributed by atoms with E-state index in [-0.39, 0.29) is 24.6 Å². The lowest BCUT2D eigenvalue weighted by atomic mass is 10.2. The van der Waals surface area contributed by atoms with Crippen molar-refractivity contribution in [2.75, 3.05) is 25.0 Å². The van der Waals surface area contributed by atoms with E-state index in [0.717, 1.165) is 0 Å². The molecular weight excluding hydrogens is 326 g/mol. The summed E-state index contributed by atoms with van der Waals surface area (Å²) >= 11 is 0. The smallest absolute Gasteiger partial charge is 0.242 e. The molecule has 0 aliphatic heterocycles. The number of hydrogen-bond acceptors (Lipinski definition) is 4. The number of amides is 1. The van der Waals surface area contributed by atoms with Crippen LogP contribution in [-0.4, -0.2) is 35.9 Å². The Labute approximate surface area is 145 Å². The van der Waals surface area contributed by atoms with Gasteiger partial charge < -0.3 is 9.80 Å².